The SMILES string of the molecule is Cc1oncc1C(=O)N1CC(c2nc(CCc3ccccc3)no2)C1. The Morgan fingerprint density at radius 1 is 1.20 bits per heavy atom. The lowest BCUT2D eigenvalue weighted by atomic mass is 9.99. The van der Waals surface area contributed by atoms with Crippen molar-refractivity contribution in [3.8, 4) is 0 Å². The zero-order chi connectivity index (χ0) is 17.2. The molecular weight excluding hydrogens is 320 g/mol. The standard InChI is InChI=1S/C18H18N4O3/c1-12-15(9-19-24-12)18(23)22-10-14(11-22)17-20-16(21-25-17)8-7-13-5-3-2-4-6-13/h2-6,9,14H,7-8,10-11H2,1H3. The highest BCUT2D eigenvalue weighted by Gasteiger charge is 2.37. The van der Waals surface area contributed by atoms with Gasteiger partial charge in [-0.2, -0.15) is 4.98 Å². The lowest BCUT2D eigenvalue weighted by Gasteiger charge is -2.36. The van der Waals surface area contributed by atoms with Crippen molar-refractivity contribution >= 4 is 5.91 Å². The van der Waals surface area contributed by atoms with Gasteiger partial charge in [0.2, 0.25) is 5.89 Å². The first-order chi connectivity index (χ1) is 12.2. The summed E-state index contributed by atoms with van der Waals surface area (Å²) in [5.74, 6) is 1.88. The maximum absolute atomic E-state index is 12.3. The number of rotatable bonds is 5. The second-order valence-corrected chi connectivity index (χ2v) is 6.24. The number of aromatic nitrogens is 3. The van der Waals surface area contributed by atoms with Crippen LogP contribution in [0.3, 0.4) is 0 Å². The molecular formula is C18H18N4O3. The van der Waals surface area contributed by atoms with Crippen LogP contribution in [0.5, 0.6) is 0 Å². The van der Waals surface area contributed by atoms with Crippen molar-refractivity contribution < 1.29 is 13.8 Å². The molecule has 1 aliphatic heterocycles. The molecule has 0 atom stereocenters. The Morgan fingerprint density at radius 2 is 2.00 bits per heavy atom. The monoisotopic (exact) mass is 338 g/mol. The molecule has 1 saturated heterocycles. The summed E-state index contributed by atoms with van der Waals surface area (Å²) < 4.78 is 10.3. The molecule has 4 rings (SSSR count). The van der Waals surface area contributed by atoms with E-state index in [1.54, 1.807) is 11.8 Å². The van der Waals surface area contributed by atoms with Crippen molar-refractivity contribution in [3.05, 3.63) is 65.1 Å². The molecule has 1 fully saturated rings. The number of nitrogens with zero attached hydrogens (tertiary/aromatic N) is 4. The average Bonchev–Trinajstić information content (AvgIpc) is 3.21. The predicted octanol–water partition coefficient (Wildman–Crippen LogP) is 2.39. The van der Waals surface area contributed by atoms with Gasteiger partial charge < -0.3 is 13.9 Å². The summed E-state index contributed by atoms with van der Waals surface area (Å²) in [5, 5.41) is 7.70. The molecule has 25 heavy (non-hydrogen) atoms. The molecule has 0 bridgehead atoms. The quantitative estimate of drug-likeness (QED) is 0.710. The molecule has 0 radical (unpaired) electrons. The summed E-state index contributed by atoms with van der Waals surface area (Å²) >= 11 is 0. The molecule has 1 aromatic carbocycles. The van der Waals surface area contributed by atoms with Gasteiger partial charge in [0, 0.05) is 19.5 Å². The summed E-state index contributed by atoms with van der Waals surface area (Å²) in [6.45, 7) is 2.88. The normalized spacial score (nSPS) is 14.5. The van der Waals surface area contributed by atoms with Crippen molar-refractivity contribution in [1.82, 2.24) is 20.2 Å². The summed E-state index contributed by atoms with van der Waals surface area (Å²) in [7, 11) is 0. The van der Waals surface area contributed by atoms with Crippen LogP contribution in [-0.4, -0.2) is 39.2 Å². The number of likely N-dealkylation sites (tertiary alicyclic amines) is 1. The summed E-state index contributed by atoms with van der Waals surface area (Å²) in [6.07, 6.45) is 3.07. The number of carbonyl (C=O) groups excluding carboxylic acids is 1. The highest BCUT2D eigenvalue weighted by atomic mass is 16.5. The van der Waals surface area contributed by atoms with Gasteiger partial charge in [-0.05, 0) is 18.9 Å². The molecule has 3 heterocycles. The lowest BCUT2D eigenvalue weighted by Crippen LogP contribution is -2.48. The van der Waals surface area contributed by atoms with Crippen molar-refractivity contribution in [1.29, 1.82) is 0 Å². The third-order valence-electron chi connectivity index (χ3n) is 4.46. The fourth-order valence-electron chi connectivity index (χ4n) is 2.91. The van der Waals surface area contributed by atoms with Gasteiger partial charge in [-0.15, -0.1) is 0 Å². The van der Waals surface area contributed by atoms with Crippen LogP contribution in [0.1, 0.15) is 39.3 Å². The highest BCUT2D eigenvalue weighted by Crippen LogP contribution is 2.27. The molecule has 3 aromatic rings. The Labute approximate surface area is 144 Å². The molecule has 0 spiro atoms. The van der Waals surface area contributed by atoms with Crippen molar-refractivity contribution in [2.75, 3.05) is 13.1 Å². The van der Waals surface area contributed by atoms with Crippen LogP contribution in [0, 0.1) is 6.92 Å². The minimum absolute atomic E-state index is 0.0705. The Kier molecular flexibility index (Phi) is 4.05. The minimum Gasteiger partial charge on any atom is -0.361 e. The van der Waals surface area contributed by atoms with Gasteiger partial charge in [0.25, 0.3) is 5.91 Å². The Balaban J connectivity index is 1.32. The first-order valence-corrected chi connectivity index (χ1v) is 8.27. The van der Waals surface area contributed by atoms with E-state index >= 15 is 0 Å². The van der Waals surface area contributed by atoms with Gasteiger partial charge >= 0.3 is 0 Å². The predicted molar refractivity (Wildman–Crippen MR) is 88.0 cm³/mol. The zero-order valence-electron chi connectivity index (χ0n) is 13.9. The van der Waals surface area contributed by atoms with Gasteiger partial charge in [-0.3, -0.25) is 4.79 Å². The number of hydrogen-bond acceptors (Lipinski definition) is 6. The molecule has 2 aromatic heterocycles. The van der Waals surface area contributed by atoms with Crippen LogP contribution >= 0.6 is 0 Å². The first-order valence-electron chi connectivity index (χ1n) is 8.27. The molecule has 0 N–H and O–H groups in total. The van der Waals surface area contributed by atoms with Crippen LogP contribution < -0.4 is 0 Å². The second kappa shape index (κ2) is 6.51. The van der Waals surface area contributed by atoms with E-state index in [4.69, 9.17) is 9.05 Å². The van der Waals surface area contributed by atoms with E-state index in [0.717, 1.165) is 12.8 Å². The van der Waals surface area contributed by atoms with E-state index in [0.29, 0.717) is 36.1 Å². The molecule has 0 unspecified atom stereocenters. The highest BCUT2D eigenvalue weighted by molar-refractivity contribution is 5.95. The number of benzene rings is 1. The topological polar surface area (TPSA) is 85.3 Å². The fourth-order valence-corrected chi connectivity index (χ4v) is 2.91. The third kappa shape index (κ3) is 3.17. The van der Waals surface area contributed by atoms with Crippen molar-refractivity contribution in [2.45, 2.75) is 25.7 Å². The maximum Gasteiger partial charge on any atom is 0.259 e. The fraction of sp³-hybridized carbons (Fsp3) is 0.333. The summed E-state index contributed by atoms with van der Waals surface area (Å²) in [4.78, 5) is 18.5. The van der Waals surface area contributed by atoms with Crippen LogP contribution in [0.25, 0.3) is 0 Å². The minimum atomic E-state index is -0.0705. The van der Waals surface area contributed by atoms with Gasteiger partial charge in [0.15, 0.2) is 5.82 Å². The van der Waals surface area contributed by atoms with Crippen molar-refractivity contribution in [2.24, 2.45) is 0 Å². The largest absolute Gasteiger partial charge is 0.361 e. The van der Waals surface area contributed by atoms with Gasteiger partial charge in [0.05, 0.1) is 12.1 Å². The van der Waals surface area contributed by atoms with Crippen LogP contribution in [-0.2, 0) is 12.8 Å². The van der Waals surface area contributed by atoms with E-state index < -0.39 is 0 Å². The van der Waals surface area contributed by atoms with E-state index in [9.17, 15) is 4.79 Å². The van der Waals surface area contributed by atoms with Crippen LogP contribution in [0.2, 0.25) is 0 Å². The number of amides is 1. The molecule has 7 nitrogen and oxygen atoms in total. The molecule has 0 saturated carbocycles. The molecule has 128 valence electrons. The molecule has 0 aliphatic carbocycles. The average molecular weight is 338 g/mol. The molecule has 1 aliphatic rings. The summed E-state index contributed by atoms with van der Waals surface area (Å²) in [5.41, 5.74) is 1.76. The van der Waals surface area contributed by atoms with E-state index in [2.05, 4.69) is 27.4 Å². The molecule has 7 heteroatoms. The zero-order valence-corrected chi connectivity index (χ0v) is 13.9. The Morgan fingerprint density at radius 3 is 2.72 bits per heavy atom. The van der Waals surface area contributed by atoms with Crippen molar-refractivity contribution in [3.63, 3.8) is 0 Å². The Bertz CT molecular complexity index is 865. The smallest absolute Gasteiger partial charge is 0.259 e. The van der Waals surface area contributed by atoms with Gasteiger partial charge in [0.1, 0.15) is 11.3 Å². The maximum atomic E-state index is 12.3. The van der Waals surface area contributed by atoms with E-state index in [1.165, 1.54) is 11.8 Å². The number of hydrogen-bond donors (Lipinski definition) is 0. The Hall–Kier alpha value is -2.96. The van der Waals surface area contributed by atoms with E-state index in [1.807, 2.05) is 18.2 Å². The summed E-state index contributed by atoms with van der Waals surface area (Å²) in [6, 6.07) is 10.2. The second-order valence-electron chi connectivity index (χ2n) is 6.24. The number of carbonyl (C=O) groups is 1. The molecule has 1 amide bonds. The van der Waals surface area contributed by atoms with Gasteiger partial charge in [-0.1, -0.05) is 40.6 Å². The van der Waals surface area contributed by atoms with Gasteiger partial charge in [-0.25, -0.2) is 0 Å². The number of aryl methyl sites for hydroxylation is 3. The van der Waals surface area contributed by atoms with Crippen LogP contribution in [0.15, 0.2) is 45.6 Å². The van der Waals surface area contributed by atoms with Crippen LogP contribution in [0.4, 0.5) is 0 Å². The first kappa shape index (κ1) is 15.6. The third-order valence-corrected chi connectivity index (χ3v) is 4.46. The lowest BCUT2D eigenvalue weighted by molar-refractivity contribution is 0.0567. The van der Waals surface area contributed by atoms with E-state index in [-0.39, 0.29) is 11.8 Å².